The second-order valence-electron chi connectivity index (χ2n) is 4.15. The van der Waals surface area contributed by atoms with Crippen molar-refractivity contribution < 1.29 is 0 Å². The van der Waals surface area contributed by atoms with Gasteiger partial charge in [-0.15, -0.1) is 0 Å². The summed E-state index contributed by atoms with van der Waals surface area (Å²) >= 11 is 0. The zero-order valence-corrected chi connectivity index (χ0v) is 8.11. The first kappa shape index (κ1) is 9.05. The largest absolute Gasteiger partial charge is 0.316 e. The highest BCUT2D eigenvalue weighted by Gasteiger charge is 2.30. The molecule has 1 aliphatic heterocycles. The van der Waals surface area contributed by atoms with Crippen LogP contribution in [0, 0.1) is 11.3 Å². The summed E-state index contributed by atoms with van der Waals surface area (Å²) in [5.74, 6) is 0.878. The Balaban J connectivity index is 2.52. The molecule has 0 spiro atoms. The van der Waals surface area contributed by atoms with Crippen molar-refractivity contribution in [1.82, 2.24) is 5.32 Å². The summed E-state index contributed by atoms with van der Waals surface area (Å²) in [4.78, 5) is 0. The van der Waals surface area contributed by atoms with Crippen LogP contribution in [0.4, 0.5) is 0 Å². The zero-order chi connectivity index (χ0) is 8.32. The van der Waals surface area contributed by atoms with Gasteiger partial charge < -0.3 is 5.32 Å². The Labute approximate surface area is 70.6 Å². The topological polar surface area (TPSA) is 12.0 Å². The second kappa shape index (κ2) is 3.57. The molecule has 0 bridgehead atoms. The molecule has 0 radical (unpaired) electrons. The lowest BCUT2D eigenvalue weighted by Crippen LogP contribution is -2.43. The predicted octanol–water partition coefficient (Wildman–Crippen LogP) is 2.42. The van der Waals surface area contributed by atoms with Crippen LogP contribution in [0.15, 0.2) is 0 Å². The lowest BCUT2D eigenvalue weighted by Gasteiger charge is -2.39. The van der Waals surface area contributed by atoms with Gasteiger partial charge >= 0.3 is 0 Å². The molecule has 0 aromatic rings. The first-order valence-corrected chi connectivity index (χ1v) is 4.93. The van der Waals surface area contributed by atoms with Crippen molar-refractivity contribution in [2.24, 2.45) is 11.3 Å². The fourth-order valence-corrected chi connectivity index (χ4v) is 2.26. The summed E-state index contributed by atoms with van der Waals surface area (Å²) in [6.45, 7) is 9.46. The Morgan fingerprint density at radius 1 is 1.36 bits per heavy atom. The van der Waals surface area contributed by atoms with Gasteiger partial charge in [0, 0.05) is 6.54 Å². The van der Waals surface area contributed by atoms with Gasteiger partial charge in [0.05, 0.1) is 0 Å². The van der Waals surface area contributed by atoms with Crippen molar-refractivity contribution in [3.8, 4) is 0 Å². The van der Waals surface area contributed by atoms with Crippen LogP contribution in [0.3, 0.4) is 0 Å². The van der Waals surface area contributed by atoms with E-state index in [0.29, 0.717) is 5.41 Å². The van der Waals surface area contributed by atoms with Crippen molar-refractivity contribution in [2.45, 2.75) is 40.0 Å². The third-order valence-electron chi connectivity index (χ3n) is 3.27. The molecule has 66 valence electrons. The van der Waals surface area contributed by atoms with Crippen LogP contribution in [0.5, 0.6) is 0 Å². The maximum absolute atomic E-state index is 3.53. The number of rotatable bonds is 2. The van der Waals surface area contributed by atoms with Crippen molar-refractivity contribution in [3.63, 3.8) is 0 Å². The normalized spacial score (nSPS) is 30.3. The molecule has 1 heteroatoms. The van der Waals surface area contributed by atoms with Gasteiger partial charge in [-0.2, -0.15) is 0 Å². The highest BCUT2D eigenvalue weighted by Crippen LogP contribution is 2.35. The fraction of sp³-hybridized carbons (Fsp3) is 1.00. The maximum atomic E-state index is 3.53. The van der Waals surface area contributed by atoms with E-state index in [2.05, 4.69) is 26.1 Å². The highest BCUT2D eigenvalue weighted by molar-refractivity contribution is 4.85. The third kappa shape index (κ3) is 1.96. The monoisotopic (exact) mass is 155 g/mol. The summed E-state index contributed by atoms with van der Waals surface area (Å²) in [5, 5.41) is 3.53. The molecular formula is C10H21N. The zero-order valence-electron chi connectivity index (χ0n) is 8.11. The van der Waals surface area contributed by atoms with Gasteiger partial charge in [0.25, 0.3) is 0 Å². The van der Waals surface area contributed by atoms with Crippen LogP contribution in [0.1, 0.15) is 40.0 Å². The van der Waals surface area contributed by atoms with E-state index >= 15 is 0 Å². The van der Waals surface area contributed by atoms with E-state index < -0.39 is 0 Å². The Kier molecular flexibility index (Phi) is 2.94. The number of piperidine rings is 1. The molecule has 1 atom stereocenters. The summed E-state index contributed by atoms with van der Waals surface area (Å²) in [6.07, 6.45) is 4.09. The minimum Gasteiger partial charge on any atom is -0.316 e. The number of hydrogen-bond acceptors (Lipinski definition) is 1. The van der Waals surface area contributed by atoms with Crippen LogP contribution in [0.25, 0.3) is 0 Å². The molecule has 1 heterocycles. The maximum Gasteiger partial charge on any atom is 0.000782 e. The quantitative estimate of drug-likeness (QED) is 0.646. The van der Waals surface area contributed by atoms with Gasteiger partial charge in [-0.1, -0.05) is 20.8 Å². The van der Waals surface area contributed by atoms with Gasteiger partial charge in [0.2, 0.25) is 0 Å². The number of nitrogens with one attached hydrogen (secondary N) is 1. The van der Waals surface area contributed by atoms with E-state index in [1.165, 1.54) is 32.4 Å². The molecule has 1 rings (SSSR count). The summed E-state index contributed by atoms with van der Waals surface area (Å²) in [5.41, 5.74) is 0.623. The van der Waals surface area contributed by atoms with Gasteiger partial charge in [-0.3, -0.25) is 0 Å². The fourth-order valence-electron chi connectivity index (χ4n) is 2.26. The molecule has 1 aliphatic rings. The molecule has 1 nitrogen and oxygen atoms in total. The molecule has 1 unspecified atom stereocenters. The lowest BCUT2D eigenvalue weighted by atomic mass is 9.73. The molecule has 11 heavy (non-hydrogen) atoms. The van der Waals surface area contributed by atoms with Crippen LogP contribution < -0.4 is 5.32 Å². The molecule has 1 N–H and O–H groups in total. The second-order valence-corrected chi connectivity index (χ2v) is 4.15. The summed E-state index contributed by atoms with van der Waals surface area (Å²) < 4.78 is 0. The average molecular weight is 155 g/mol. The van der Waals surface area contributed by atoms with Crippen molar-refractivity contribution in [3.05, 3.63) is 0 Å². The van der Waals surface area contributed by atoms with Crippen LogP contribution in [-0.2, 0) is 0 Å². The van der Waals surface area contributed by atoms with Gasteiger partial charge in [-0.05, 0) is 37.1 Å². The molecular weight excluding hydrogens is 134 g/mol. The van der Waals surface area contributed by atoms with Gasteiger partial charge in [0.1, 0.15) is 0 Å². The van der Waals surface area contributed by atoms with Crippen molar-refractivity contribution in [1.29, 1.82) is 0 Å². The van der Waals surface area contributed by atoms with Crippen LogP contribution >= 0.6 is 0 Å². The van der Waals surface area contributed by atoms with E-state index in [1.807, 2.05) is 0 Å². The smallest absolute Gasteiger partial charge is 0.000782 e. The van der Waals surface area contributed by atoms with E-state index in [0.717, 1.165) is 5.92 Å². The van der Waals surface area contributed by atoms with E-state index in [-0.39, 0.29) is 0 Å². The molecule has 0 amide bonds. The molecule has 0 aromatic heterocycles. The Morgan fingerprint density at radius 3 is 2.36 bits per heavy atom. The first-order chi connectivity index (χ1) is 5.22. The summed E-state index contributed by atoms with van der Waals surface area (Å²) in [6, 6.07) is 0. The van der Waals surface area contributed by atoms with Crippen LogP contribution in [-0.4, -0.2) is 13.1 Å². The van der Waals surface area contributed by atoms with Crippen molar-refractivity contribution in [2.75, 3.05) is 13.1 Å². The molecule has 1 fully saturated rings. The van der Waals surface area contributed by atoms with E-state index in [1.54, 1.807) is 0 Å². The van der Waals surface area contributed by atoms with Gasteiger partial charge in [0.15, 0.2) is 0 Å². The van der Waals surface area contributed by atoms with Crippen molar-refractivity contribution >= 4 is 0 Å². The third-order valence-corrected chi connectivity index (χ3v) is 3.27. The Morgan fingerprint density at radius 2 is 2.00 bits per heavy atom. The Bertz CT molecular complexity index is 116. The SMILES string of the molecule is CCC1(CC)CNCC(C)C1. The standard InChI is InChI=1S/C10H21N/c1-4-10(5-2)6-9(3)7-11-8-10/h9,11H,4-8H2,1-3H3. The van der Waals surface area contributed by atoms with E-state index in [4.69, 9.17) is 0 Å². The minimum absolute atomic E-state index is 0.623. The predicted molar refractivity (Wildman–Crippen MR) is 49.7 cm³/mol. The molecule has 1 saturated heterocycles. The Hall–Kier alpha value is -0.0400. The minimum atomic E-state index is 0.623. The lowest BCUT2D eigenvalue weighted by molar-refractivity contribution is 0.152. The first-order valence-electron chi connectivity index (χ1n) is 4.93. The van der Waals surface area contributed by atoms with Gasteiger partial charge in [-0.25, -0.2) is 0 Å². The molecule has 0 saturated carbocycles. The average Bonchev–Trinajstić information content (AvgIpc) is 2.04. The number of hydrogen-bond donors (Lipinski definition) is 1. The van der Waals surface area contributed by atoms with Crippen LogP contribution in [0.2, 0.25) is 0 Å². The highest BCUT2D eigenvalue weighted by atomic mass is 14.9. The summed E-state index contributed by atoms with van der Waals surface area (Å²) in [7, 11) is 0. The molecule has 0 aliphatic carbocycles. The van der Waals surface area contributed by atoms with E-state index in [9.17, 15) is 0 Å². The molecule has 0 aromatic carbocycles.